The van der Waals surface area contributed by atoms with E-state index in [1.54, 1.807) is 0 Å². The lowest BCUT2D eigenvalue weighted by Gasteiger charge is -2.50. The molecule has 2 unspecified atom stereocenters. The molecule has 4 saturated carbocycles. The average molecular weight is 736 g/mol. The van der Waals surface area contributed by atoms with Crippen LogP contribution in [-0.4, -0.2) is 15.0 Å². The quantitative estimate of drug-likeness (QED) is 0.173. The van der Waals surface area contributed by atoms with Gasteiger partial charge >= 0.3 is 0 Å². The van der Waals surface area contributed by atoms with Crippen LogP contribution >= 0.6 is 0 Å². The fourth-order valence-electron chi connectivity index (χ4n) is 12.5. The summed E-state index contributed by atoms with van der Waals surface area (Å²) < 4.78 is 0. The standard InChI is InChI=1S/C51H53N5/c1-32-17-37-18-33(2)25-50(24-32,28-37)45-13-9-41(10-14-45)47-54-48(42-11-15-46(16-12-42)51-26-34(3)19-38(29-51)20-35(4)27-51)56-49(55-47)44-22-39(31-53)21-43(23-44)40-7-5-36(30-52)6-8-40/h5-16,21-23,32-35,37-38H,17-20,24-29H2,1-4H3/t32-,33+,34-,35+,37-,38-,50?,51?. The Labute approximate surface area is 333 Å². The van der Waals surface area contributed by atoms with Crippen LogP contribution in [0.15, 0.2) is 91.0 Å². The predicted molar refractivity (Wildman–Crippen MR) is 224 cm³/mol. The third kappa shape index (κ3) is 6.96. The number of hydrogen-bond donors (Lipinski definition) is 0. The Balaban J connectivity index is 1.13. The number of hydrogen-bond acceptors (Lipinski definition) is 5. The highest BCUT2D eigenvalue weighted by molar-refractivity contribution is 5.75. The van der Waals surface area contributed by atoms with Crippen molar-refractivity contribution in [3.63, 3.8) is 0 Å². The highest BCUT2D eigenvalue weighted by Gasteiger charge is 2.46. The Hall–Kier alpha value is -5.13. The van der Waals surface area contributed by atoms with Crippen molar-refractivity contribution >= 4 is 0 Å². The maximum atomic E-state index is 10.1. The Morgan fingerprint density at radius 1 is 0.429 bits per heavy atom. The molecule has 1 heterocycles. The normalized spacial score (nSPS) is 29.5. The van der Waals surface area contributed by atoms with Gasteiger partial charge in [0.2, 0.25) is 0 Å². The molecule has 4 fully saturated rings. The van der Waals surface area contributed by atoms with Crippen LogP contribution in [0.2, 0.25) is 0 Å². The van der Waals surface area contributed by atoms with Crippen molar-refractivity contribution in [1.82, 2.24) is 15.0 Å². The Kier molecular flexibility index (Phi) is 9.40. The molecule has 4 aliphatic carbocycles. The van der Waals surface area contributed by atoms with E-state index in [0.29, 0.717) is 28.6 Å². The van der Waals surface area contributed by atoms with E-state index >= 15 is 0 Å². The molecule has 5 aromatic rings. The minimum absolute atomic E-state index is 0.251. The number of nitriles is 2. The summed E-state index contributed by atoms with van der Waals surface area (Å²) in [6.45, 7) is 9.78. The molecule has 9 rings (SSSR count). The SMILES string of the molecule is C[C@@H]1C[C@@H]2C[C@H](C)CC(c3ccc(-c4nc(-c5ccc(C67C[C@H](C)C[C@H](C[C@H](C)C6)C7)cc5)nc(-c5cc(C#N)cc(-c6ccc(C#N)cc6)c5)n4)cc3)(C1)C2. The fourth-order valence-corrected chi connectivity index (χ4v) is 12.5. The van der Waals surface area contributed by atoms with Gasteiger partial charge in [-0.3, -0.25) is 0 Å². The van der Waals surface area contributed by atoms with E-state index < -0.39 is 0 Å². The molecule has 4 aliphatic rings. The molecule has 8 atom stereocenters. The van der Waals surface area contributed by atoms with E-state index in [4.69, 9.17) is 15.0 Å². The van der Waals surface area contributed by atoms with Gasteiger partial charge in [0.05, 0.1) is 23.3 Å². The van der Waals surface area contributed by atoms with Crippen molar-refractivity contribution in [2.75, 3.05) is 0 Å². The summed E-state index contributed by atoms with van der Waals surface area (Å²) in [4.78, 5) is 15.5. The molecule has 0 radical (unpaired) electrons. The third-order valence-corrected chi connectivity index (χ3v) is 14.1. The number of rotatable bonds is 6. The monoisotopic (exact) mass is 735 g/mol. The molecule has 1 aromatic heterocycles. The van der Waals surface area contributed by atoms with Gasteiger partial charge in [-0.1, -0.05) is 88.4 Å². The van der Waals surface area contributed by atoms with Crippen molar-refractivity contribution in [2.24, 2.45) is 35.5 Å². The molecule has 4 aromatic carbocycles. The summed E-state index contributed by atoms with van der Waals surface area (Å²) in [5, 5.41) is 19.5. The van der Waals surface area contributed by atoms with Crippen LogP contribution in [0.3, 0.4) is 0 Å². The molecule has 5 heteroatoms. The summed E-state index contributed by atoms with van der Waals surface area (Å²) in [5.41, 5.74) is 9.04. The average Bonchev–Trinajstić information content (AvgIpc) is 3.19. The van der Waals surface area contributed by atoms with Crippen molar-refractivity contribution < 1.29 is 0 Å². The van der Waals surface area contributed by atoms with Crippen LogP contribution in [0.1, 0.15) is 114 Å². The minimum Gasteiger partial charge on any atom is -0.208 e. The molecule has 0 aliphatic heterocycles. The van der Waals surface area contributed by atoms with Crippen molar-refractivity contribution in [2.45, 2.75) is 103 Å². The Morgan fingerprint density at radius 2 is 0.804 bits per heavy atom. The largest absolute Gasteiger partial charge is 0.208 e. The zero-order chi connectivity index (χ0) is 38.6. The molecule has 0 spiro atoms. The van der Waals surface area contributed by atoms with E-state index in [-0.39, 0.29) is 10.8 Å². The molecule has 56 heavy (non-hydrogen) atoms. The molecular formula is C51H53N5. The Morgan fingerprint density at radius 3 is 1.21 bits per heavy atom. The fraction of sp³-hybridized carbons (Fsp3) is 0.431. The van der Waals surface area contributed by atoms with Crippen LogP contribution in [0.5, 0.6) is 0 Å². The zero-order valence-corrected chi connectivity index (χ0v) is 33.4. The number of fused-ring (bicyclic) bond motifs is 4. The van der Waals surface area contributed by atoms with Gasteiger partial charge in [0, 0.05) is 16.7 Å². The summed E-state index contributed by atoms with van der Waals surface area (Å²) >= 11 is 0. The van der Waals surface area contributed by atoms with Gasteiger partial charge < -0.3 is 0 Å². The van der Waals surface area contributed by atoms with Gasteiger partial charge in [-0.05, 0) is 163 Å². The van der Waals surface area contributed by atoms with Gasteiger partial charge in [0.25, 0.3) is 0 Å². The van der Waals surface area contributed by atoms with Gasteiger partial charge in [0.15, 0.2) is 17.5 Å². The summed E-state index contributed by atoms with van der Waals surface area (Å²) in [7, 11) is 0. The zero-order valence-electron chi connectivity index (χ0n) is 33.4. The first-order valence-electron chi connectivity index (χ1n) is 21.1. The first-order chi connectivity index (χ1) is 27.1. The van der Waals surface area contributed by atoms with Gasteiger partial charge in [0.1, 0.15) is 0 Å². The van der Waals surface area contributed by atoms with E-state index in [0.717, 1.165) is 63.3 Å². The first kappa shape index (κ1) is 36.5. The van der Waals surface area contributed by atoms with Crippen LogP contribution in [0, 0.1) is 58.2 Å². The molecule has 0 amide bonds. The summed E-state index contributed by atoms with van der Waals surface area (Å²) in [5.74, 6) is 6.47. The minimum atomic E-state index is 0.251. The van der Waals surface area contributed by atoms with E-state index in [1.165, 1.54) is 75.3 Å². The summed E-state index contributed by atoms with van der Waals surface area (Å²) in [6.07, 6.45) is 13.1. The highest BCUT2D eigenvalue weighted by atomic mass is 15.0. The smallest absolute Gasteiger partial charge is 0.164 e. The first-order valence-corrected chi connectivity index (χ1v) is 21.1. The van der Waals surface area contributed by atoms with E-state index in [9.17, 15) is 10.5 Å². The van der Waals surface area contributed by atoms with Crippen molar-refractivity contribution in [3.05, 3.63) is 113 Å². The topological polar surface area (TPSA) is 86.2 Å². The van der Waals surface area contributed by atoms with Gasteiger partial charge in [-0.15, -0.1) is 0 Å². The van der Waals surface area contributed by atoms with Crippen LogP contribution in [0.25, 0.3) is 45.3 Å². The molecule has 0 N–H and O–H groups in total. The van der Waals surface area contributed by atoms with Gasteiger partial charge in [-0.25, -0.2) is 15.0 Å². The Bertz CT molecular complexity index is 2180. The molecule has 0 saturated heterocycles. The third-order valence-electron chi connectivity index (χ3n) is 14.1. The van der Waals surface area contributed by atoms with Crippen LogP contribution < -0.4 is 0 Å². The molecule has 5 nitrogen and oxygen atoms in total. The van der Waals surface area contributed by atoms with Crippen LogP contribution in [0.4, 0.5) is 0 Å². The maximum Gasteiger partial charge on any atom is 0.164 e. The van der Waals surface area contributed by atoms with Gasteiger partial charge in [-0.2, -0.15) is 10.5 Å². The van der Waals surface area contributed by atoms with E-state index in [1.807, 2.05) is 42.5 Å². The second kappa shape index (κ2) is 14.4. The second-order valence-electron chi connectivity index (χ2n) is 18.9. The van der Waals surface area contributed by atoms with Crippen molar-refractivity contribution in [1.29, 1.82) is 10.5 Å². The highest BCUT2D eigenvalue weighted by Crippen LogP contribution is 2.55. The lowest BCUT2D eigenvalue weighted by Crippen LogP contribution is -2.42. The number of aromatic nitrogens is 3. The number of nitrogens with zero attached hydrogens (tertiary/aromatic N) is 5. The number of benzene rings is 4. The lowest BCUT2D eigenvalue weighted by atomic mass is 9.54. The van der Waals surface area contributed by atoms with Crippen LogP contribution in [-0.2, 0) is 10.8 Å². The van der Waals surface area contributed by atoms with E-state index in [2.05, 4.69) is 88.4 Å². The lowest BCUT2D eigenvalue weighted by molar-refractivity contribution is 0.0779. The maximum absolute atomic E-state index is 10.1. The second-order valence-corrected chi connectivity index (χ2v) is 18.9. The molecule has 4 bridgehead atoms. The predicted octanol–water partition coefficient (Wildman–Crippen LogP) is 12.5. The molecule has 282 valence electrons. The molecular weight excluding hydrogens is 683 g/mol. The summed E-state index contributed by atoms with van der Waals surface area (Å²) in [6, 6.07) is 36.1. The van der Waals surface area contributed by atoms with Crippen molar-refractivity contribution in [3.8, 4) is 57.4 Å².